The van der Waals surface area contributed by atoms with Crippen molar-refractivity contribution in [3.05, 3.63) is 108 Å². The van der Waals surface area contributed by atoms with E-state index in [9.17, 15) is 14.4 Å². The Labute approximate surface area is 343 Å². The molecule has 16 nitrogen and oxygen atoms in total. The Balaban J connectivity index is 0.819. The first kappa shape index (κ1) is 38.6. The van der Waals surface area contributed by atoms with Gasteiger partial charge in [-0.05, 0) is 67.7 Å². The normalized spacial score (nSPS) is 15.6. The summed E-state index contributed by atoms with van der Waals surface area (Å²) in [5.41, 5.74) is 6.75. The third-order valence-electron chi connectivity index (χ3n) is 11.2. The van der Waals surface area contributed by atoms with E-state index < -0.39 is 23.2 Å². The highest BCUT2D eigenvalue weighted by Gasteiger charge is 2.29. The number of pyridine rings is 1. The SMILES string of the molecule is Cn1nc(N2CCC(=O)NC2=O)c2ccc(C3CCN(Cc4ccc(-c5cc6c(-c7ccc(CNC(=O)c8noc(C(C)(C)C)n8)c(F)c7)ncnn6c5)cn4)CC3)cc21. The van der Waals surface area contributed by atoms with Gasteiger partial charge in [0, 0.05) is 78.6 Å². The Hall–Kier alpha value is -6.88. The number of hydrogen-bond acceptors (Lipinski definition) is 11. The number of urea groups is 1. The molecule has 2 aliphatic rings. The van der Waals surface area contributed by atoms with Crippen LogP contribution in [0.5, 0.6) is 0 Å². The summed E-state index contributed by atoms with van der Waals surface area (Å²) in [5.74, 6) is -0.106. The molecule has 0 atom stereocenters. The Morgan fingerprint density at radius 1 is 0.967 bits per heavy atom. The second-order valence-corrected chi connectivity index (χ2v) is 16.4. The molecule has 2 fully saturated rings. The number of carbonyl (C=O) groups is 3. The van der Waals surface area contributed by atoms with Crippen LogP contribution in [0.3, 0.4) is 0 Å². The average Bonchev–Trinajstić information content (AvgIpc) is 3.99. The molecule has 306 valence electrons. The molecule has 4 amide bonds. The monoisotopic (exact) mass is 810 g/mol. The Morgan fingerprint density at radius 2 is 1.78 bits per heavy atom. The summed E-state index contributed by atoms with van der Waals surface area (Å²) in [5, 5.41) is 18.7. The fourth-order valence-electron chi connectivity index (χ4n) is 7.84. The summed E-state index contributed by atoms with van der Waals surface area (Å²) in [6, 6.07) is 16.8. The Morgan fingerprint density at radius 3 is 2.52 bits per heavy atom. The van der Waals surface area contributed by atoms with Crippen LogP contribution in [0.25, 0.3) is 38.8 Å². The molecule has 0 unspecified atom stereocenters. The van der Waals surface area contributed by atoms with E-state index in [0.29, 0.717) is 46.5 Å². The predicted molar refractivity (Wildman–Crippen MR) is 219 cm³/mol. The number of halogens is 1. The number of amides is 4. The summed E-state index contributed by atoms with van der Waals surface area (Å²) in [7, 11) is 1.88. The molecule has 2 aromatic carbocycles. The molecule has 5 aromatic heterocycles. The molecule has 0 spiro atoms. The Kier molecular flexibility index (Phi) is 9.90. The molecule has 7 aromatic rings. The van der Waals surface area contributed by atoms with Crippen LogP contribution >= 0.6 is 0 Å². The van der Waals surface area contributed by atoms with Gasteiger partial charge in [-0.15, -0.1) is 0 Å². The van der Waals surface area contributed by atoms with Crippen molar-refractivity contribution in [3.8, 4) is 22.4 Å². The molecular formula is C43H43FN12O4. The van der Waals surface area contributed by atoms with Crippen molar-refractivity contribution in [2.24, 2.45) is 7.05 Å². The molecule has 60 heavy (non-hydrogen) atoms. The van der Waals surface area contributed by atoms with E-state index in [0.717, 1.165) is 60.2 Å². The third-order valence-corrected chi connectivity index (χ3v) is 11.2. The van der Waals surface area contributed by atoms with Crippen molar-refractivity contribution in [1.82, 2.24) is 55.0 Å². The number of likely N-dealkylation sites (tertiary alicyclic amines) is 1. The third kappa shape index (κ3) is 7.58. The number of nitrogens with one attached hydrogen (secondary N) is 2. The highest BCUT2D eigenvalue weighted by Crippen LogP contribution is 2.34. The van der Waals surface area contributed by atoms with Gasteiger partial charge in [-0.1, -0.05) is 50.2 Å². The second-order valence-electron chi connectivity index (χ2n) is 16.4. The lowest BCUT2D eigenvalue weighted by Crippen LogP contribution is -2.49. The van der Waals surface area contributed by atoms with Gasteiger partial charge in [0.15, 0.2) is 5.82 Å². The van der Waals surface area contributed by atoms with Gasteiger partial charge in [0.05, 0.1) is 22.4 Å². The maximum Gasteiger partial charge on any atom is 0.329 e. The van der Waals surface area contributed by atoms with Crippen LogP contribution in [0.4, 0.5) is 15.0 Å². The number of carbonyl (C=O) groups excluding carboxylic acids is 3. The highest BCUT2D eigenvalue weighted by atomic mass is 19.1. The maximum atomic E-state index is 15.4. The van der Waals surface area contributed by atoms with E-state index in [1.807, 2.05) is 52.3 Å². The molecule has 2 aliphatic heterocycles. The molecule has 2 saturated heterocycles. The second kappa shape index (κ2) is 15.4. The van der Waals surface area contributed by atoms with E-state index in [1.54, 1.807) is 21.3 Å². The zero-order chi connectivity index (χ0) is 41.7. The zero-order valence-electron chi connectivity index (χ0n) is 33.6. The minimum absolute atomic E-state index is 0.0556. The van der Waals surface area contributed by atoms with Crippen LogP contribution in [-0.2, 0) is 30.3 Å². The molecule has 0 saturated carbocycles. The van der Waals surface area contributed by atoms with Crippen molar-refractivity contribution in [3.63, 3.8) is 0 Å². The fourth-order valence-corrected chi connectivity index (χ4v) is 7.84. The summed E-state index contributed by atoms with van der Waals surface area (Å²) >= 11 is 0. The number of piperidine rings is 1. The number of aryl methyl sites for hydroxylation is 1. The smallest absolute Gasteiger partial charge is 0.329 e. The van der Waals surface area contributed by atoms with E-state index in [-0.39, 0.29) is 24.7 Å². The quantitative estimate of drug-likeness (QED) is 0.177. The van der Waals surface area contributed by atoms with Crippen molar-refractivity contribution in [2.45, 2.75) is 64.5 Å². The maximum absolute atomic E-state index is 15.4. The van der Waals surface area contributed by atoms with Crippen molar-refractivity contribution < 1.29 is 23.3 Å². The van der Waals surface area contributed by atoms with Gasteiger partial charge >= 0.3 is 6.03 Å². The summed E-state index contributed by atoms with van der Waals surface area (Å²) < 4.78 is 24.1. The van der Waals surface area contributed by atoms with E-state index in [2.05, 4.69) is 65.1 Å². The number of anilines is 1. The number of imide groups is 1. The van der Waals surface area contributed by atoms with Crippen LogP contribution in [0.1, 0.15) is 79.3 Å². The lowest BCUT2D eigenvalue weighted by molar-refractivity contribution is -0.120. The number of fused-ring (bicyclic) bond motifs is 2. The van der Waals surface area contributed by atoms with E-state index >= 15 is 4.39 Å². The first-order chi connectivity index (χ1) is 28.9. The number of benzene rings is 2. The van der Waals surface area contributed by atoms with Gasteiger partial charge in [-0.3, -0.25) is 34.4 Å². The van der Waals surface area contributed by atoms with Crippen LogP contribution < -0.4 is 15.5 Å². The highest BCUT2D eigenvalue weighted by molar-refractivity contribution is 6.08. The number of nitrogens with zero attached hydrogens (tertiary/aromatic N) is 10. The van der Waals surface area contributed by atoms with Crippen LogP contribution in [0.15, 0.2) is 77.8 Å². The van der Waals surface area contributed by atoms with Gasteiger partial charge < -0.3 is 9.84 Å². The lowest BCUT2D eigenvalue weighted by Gasteiger charge is -2.32. The molecule has 0 aliphatic carbocycles. The molecule has 7 heterocycles. The van der Waals surface area contributed by atoms with Crippen LogP contribution in [0, 0.1) is 5.82 Å². The average molecular weight is 811 g/mol. The number of hydrogen-bond donors (Lipinski definition) is 2. The minimum Gasteiger partial charge on any atom is -0.345 e. The van der Waals surface area contributed by atoms with E-state index in [4.69, 9.17) is 9.51 Å². The number of aromatic nitrogens is 8. The minimum atomic E-state index is -0.556. The molecule has 17 heteroatoms. The zero-order valence-corrected chi connectivity index (χ0v) is 33.6. The summed E-state index contributed by atoms with van der Waals surface area (Å²) in [4.78, 5) is 54.2. The van der Waals surface area contributed by atoms with Crippen LogP contribution in [0.2, 0.25) is 0 Å². The fraction of sp³-hybridized carbons (Fsp3) is 0.326. The standard InChI is InChI=1S/C43H43FN12O4/c1-43(2,3)41-50-38(52-60-41)40(58)46-21-29-6-5-27(17-33(29)44)37-35-19-30(22-56(35)48-24-47-37)28-7-9-31(45-20-28)23-54-14-11-25(12-15-54)26-8-10-32-34(18-26)53(4)51-39(32)55-16-13-36(57)49-42(55)59/h5-10,17-20,22,24-25H,11-16,21,23H2,1-4H3,(H,46,58)(H,49,57,59). The Bertz CT molecular complexity index is 2780. The van der Waals surface area contributed by atoms with Crippen molar-refractivity contribution >= 4 is 40.1 Å². The molecule has 0 radical (unpaired) electrons. The largest absolute Gasteiger partial charge is 0.345 e. The first-order valence-electron chi connectivity index (χ1n) is 19.9. The van der Waals surface area contributed by atoms with Gasteiger partial charge in [0.2, 0.25) is 11.8 Å². The summed E-state index contributed by atoms with van der Waals surface area (Å²) in [6.07, 6.45) is 7.48. The lowest BCUT2D eigenvalue weighted by atomic mass is 9.89. The molecule has 0 bridgehead atoms. The topological polar surface area (TPSA) is 182 Å². The molecule has 9 rings (SSSR count). The van der Waals surface area contributed by atoms with Gasteiger partial charge in [0.25, 0.3) is 11.7 Å². The van der Waals surface area contributed by atoms with Crippen molar-refractivity contribution in [2.75, 3.05) is 24.5 Å². The summed E-state index contributed by atoms with van der Waals surface area (Å²) in [6.45, 7) is 8.57. The number of rotatable bonds is 9. The van der Waals surface area contributed by atoms with E-state index in [1.165, 1.54) is 22.9 Å². The van der Waals surface area contributed by atoms with Crippen molar-refractivity contribution in [1.29, 1.82) is 0 Å². The molecule has 2 N–H and O–H groups in total. The first-order valence-corrected chi connectivity index (χ1v) is 19.9. The molecular weight excluding hydrogens is 768 g/mol. The predicted octanol–water partition coefficient (Wildman–Crippen LogP) is 5.92. The van der Waals surface area contributed by atoms with Gasteiger partial charge in [0.1, 0.15) is 12.1 Å². The van der Waals surface area contributed by atoms with Crippen LogP contribution in [-0.4, -0.2) is 81.9 Å². The van der Waals surface area contributed by atoms with Gasteiger partial charge in [-0.2, -0.15) is 15.2 Å². The van der Waals surface area contributed by atoms with Gasteiger partial charge in [-0.25, -0.2) is 18.7 Å².